The standard InChI is InChI=1S/C6H7NO2S/c1-2-9-6(8-1)5-3-7-4-10-5/h3-4,6H,1-2H2. The topological polar surface area (TPSA) is 31.4 Å². The minimum absolute atomic E-state index is 0.146. The molecule has 0 aliphatic carbocycles. The summed E-state index contributed by atoms with van der Waals surface area (Å²) < 4.78 is 10.5. The highest BCUT2D eigenvalue weighted by Crippen LogP contribution is 2.25. The van der Waals surface area contributed by atoms with Crippen LogP contribution in [0.5, 0.6) is 0 Å². The van der Waals surface area contributed by atoms with Gasteiger partial charge in [0.1, 0.15) is 0 Å². The Balaban J connectivity index is 2.12. The molecule has 1 saturated heterocycles. The van der Waals surface area contributed by atoms with Gasteiger partial charge in [0, 0.05) is 6.20 Å². The molecule has 1 aromatic heterocycles. The fourth-order valence-electron chi connectivity index (χ4n) is 0.865. The molecule has 0 N–H and O–H groups in total. The molecule has 0 saturated carbocycles. The molecular weight excluding hydrogens is 150 g/mol. The fraction of sp³-hybridized carbons (Fsp3) is 0.500. The van der Waals surface area contributed by atoms with Gasteiger partial charge in [0.2, 0.25) is 0 Å². The van der Waals surface area contributed by atoms with Gasteiger partial charge in [-0.3, -0.25) is 4.98 Å². The van der Waals surface area contributed by atoms with Gasteiger partial charge >= 0.3 is 0 Å². The monoisotopic (exact) mass is 157 g/mol. The van der Waals surface area contributed by atoms with Gasteiger partial charge in [0.25, 0.3) is 0 Å². The summed E-state index contributed by atoms with van der Waals surface area (Å²) in [6.07, 6.45) is 1.63. The second-order valence-corrected chi connectivity index (χ2v) is 2.90. The largest absolute Gasteiger partial charge is 0.345 e. The van der Waals surface area contributed by atoms with Crippen LogP contribution in [0.25, 0.3) is 0 Å². The summed E-state index contributed by atoms with van der Waals surface area (Å²) in [4.78, 5) is 4.98. The molecule has 1 aliphatic heterocycles. The van der Waals surface area contributed by atoms with Crippen molar-refractivity contribution in [1.82, 2.24) is 4.98 Å². The fourth-order valence-corrected chi connectivity index (χ4v) is 1.48. The van der Waals surface area contributed by atoms with Crippen LogP contribution in [0, 0.1) is 0 Å². The average Bonchev–Trinajstić information content (AvgIpc) is 2.59. The summed E-state index contributed by atoms with van der Waals surface area (Å²) in [6, 6.07) is 0. The molecule has 0 spiro atoms. The van der Waals surface area contributed by atoms with Gasteiger partial charge < -0.3 is 9.47 Å². The molecule has 10 heavy (non-hydrogen) atoms. The molecule has 0 aromatic carbocycles. The van der Waals surface area contributed by atoms with E-state index in [0.29, 0.717) is 13.2 Å². The Labute approximate surface area is 62.6 Å². The lowest BCUT2D eigenvalue weighted by atomic mass is 10.5. The third-order valence-electron chi connectivity index (χ3n) is 1.31. The zero-order chi connectivity index (χ0) is 6.81. The first-order valence-corrected chi connectivity index (χ1v) is 3.96. The summed E-state index contributed by atoms with van der Waals surface area (Å²) >= 11 is 1.56. The summed E-state index contributed by atoms with van der Waals surface area (Å²) in [5.41, 5.74) is 1.78. The molecule has 3 nitrogen and oxygen atoms in total. The maximum atomic E-state index is 5.25. The van der Waals surface area contributed by atoms with Crippen molar-refractivity contribution >= 4 is 11.3 Å². The third-order valence-corrected chi connectivity index (χ3v) is 2.10. The van der Waals surface area contributed by atoms with E-state index in [1.807, 2.05) is 0 Å². The van der Waals surface area contributed by atoms with E-state index in [4.69, 9.17) is 9.47 Å². The van der Waals surface area contributed by atoms with Crippen molar-refractivity contribution in [3.63, 3.8) is 0 Å². The predicted octanol–water partition coefficient (Wildman–Crippen LogP) is 1.19. The van der Waals surface area contributed by atoms with Crippen molar-refractivity contribution in [2.45, 2.75) is 6.29 Å². The molecule has 0 atom stereocenters. The maximum absolute atomic E-state index is 5.25. The first-order chi connectivity index (χ1) is 4.97. The molecule has 1 aliphatic rings. The van der Waals surface area contributed by atoms with Gasteiger partial charge in [-0.15, -0.1) is 11.3 Å². The smallest absolute Gasteiger partial charge is 0.194 e. The Morgan fingerprint density at radius 1 is 1.50 bits per heavy atom. The van der Waals surface area contributed by atoms with Crippen LogP contribution < -0.4 is 0 Å². The number of hydrogen-bond donors (Lipinski definition) is 0. The molecule has 0 amide bonds. The van der Waals surface area contributed by atoms with E-state index in [2.05, 4.69) is 4.98 Å². The highest BCUT2D eigenvalue weighted by atomic mass is 32.1. The first kappa shape index (κ1) is 6.27. The molecule has 54 valence electrons. The lowest BCUT2D eigenvalue weighted by Gasteiger charge is -2.02. The first-order valence-electron chi connectivity index (χ1n) is 3.08. The summed E-state index contributed by atoms with van der Waals surface area (Å²) in [6.45, 7) is 1.39. The second kappa shape index (κ2) is 2.65. The summed E-state index contributed by atoms with van der Waals surface area (Å²) in [7, 11) is 0. The molecule has 2 rings (SSSR count). The van der Waals surface area contributed by atoms with Gasteiger partial charge in [0.15, 0.2) is 6.29 Å². The van der Waals surface area contributed by atoms with Crippen LogP contribution in [-0.2, 0) is 9.47 Å². The number of thiazole rings is 1. The van der Waals surface area contributed by atoms with Gasteiger partial charge in [-0.2, -0.15) is 0 Å². The van der Waals surface area contributed by atoms with Gasteiger partial charge in [0.05, 0.1) is 23.6 Å². The van der Waals surface area contributed by atoms with Crippen molar-refractivity contribution in [3.05, 3.63) is 16.6 Å². The molecular formula is C6H7NO2S. The van der Waals surface area contributed by atoms with Crippen molar-refractivity contribution in [3.8, 4) is 0 Å². The van der Waals surface area contributed by atoms with Crippen LogP contribution in [0.3, 0.4) is 0 Å². The van der Waals surface area contributed by atoms with E-state index in [1.54, 1.807) is 23.0 Å². The molecule has 0 unspecified atom stereocenters. The van der Waals surface area contributed by atoms with Crippen LogP contribution in [0.2, 0.25) is 0 Å². The van der Waals surface area contributed by atoms with E-state index in [1.165, 1.54) is 0 Å². The molecule has 2 heterocycles. The molecule has 1 fully saturated rings. The number of hydrogen-bond acceptors (Lipinski definition) is 4. The average molecular weight is 157 g/mol. The zero-order valence-corrected chi connectivity index (χ0v) is 6.13. The number of ether oxygens (including phenoxy) is 2. The quantitative estimate of drug-likeness (QED) is 0.613. The van der Waals surface area contributed by atoms with E-state index in [0.717, 1.165) is 4.88 Å². The normalized spacial score (nSPS) is 20.0. The number of rotatable bonds is 1. The Kier molecular flexibility index (Phi) is 1.66. The van der Waals surface area contributed by atoms with Crippen molar-refractivity contribution in [2.24, 2.45) is 0 Å². The Morgan fingerprint density at radius 3 is 2.90 bits per heavy atom. The molecule has 1 aromatic rings. The van der Waals surface area contributed by atoms with Crippen LogP contribution in [0.4, 0.5) is 0 Å². The van der Waals surface area contributed by atoms with Crippen LogP contribution >= 0.6 is 11.3 Å². The molecule has 4 heteroatoms. The summed E-state index contributed by atoms with van der Waals surface area (Å²) in [5.74, 6) is 0. The number of nitrogens with zero attached hydrogens (tertiary/aromatic N) is 1. The lowest BCUT2D eigenvalue weighted by molar-refractivity contribution is -0.0414. The minimum atomic E-state index is -0.146. The van der Waals surface area contributed by atoms with Gasteiger partial charge in [-0.1, -0.05) is 0 Å². The van der Waals surface area contributed by atoms with E-state index in [9.17, 15) is 0 Å². The Bertz CT molecular complexity index is 194. The van der Waals surface area contributed by atoms with Crippen molar-refractivity contribution in [1.29, 1.82) is 0 Å². The highest BCUT2D eigenvalue weighted by Gasteiger charge is 2.18. The van der Waals surface area contributed by atoms with E-state index < -0.39 is 0 Å². The van der Waals surface area contributed by atoms with Gasteiger partial charge in [-0.05, 0) is 0 Å². The third kappa shape index (κ3) is 1.05. The van der Waals surface area contributed by atoms with E-state index in [-0.39, 0.29) is 6.29 Å². The van der Waals surface area contributed by atoms with Gasteiger partial charge in [-0.25, -0.2) is 0 Å². The summed E-state index contributed by atoms with van der Waals surface area (Å²) in [5, 5.41) is 0. The van der Waals surface area contributed by atoms with E-state index >= 15 is 0 Å². The lowest BCUT2D eigenvalue weighted by Crippen LogP contribution is -1.93. The van der Waals surface area contributed by atoms with Crippen LogP contribution in [-0.4, -0.2) is 18.2 Å². The minimum Gasteiger partial charge on any atom is -0.345 e. The Morgan fingerprint density at radius 2 is 2.30 bits per heavy atom. The van der Waals surface area contributed by atoms with Crippen molar-refractivity contribution < 1.29 is 9.47 Å². The molecule has 0 radical (unpaired) electrons. The van der Waals surface area contributed by atoms with Crippen LogP contribution in [0.15, 0.2) is 11.7 Å². The zero-order valence-electron chi connectivity index (χ0n) is 5.32. The van der Waals surface area contributed by atoms with Crippen molar-refractivity contribution in [2.75, 3.05) is 13.2 Å². The Hall–Kier alpha value is -0.450. The number of aromatic nitrogens is 1. The molecule has 0 bridgehead atoms. The van der Waals surface area contributed by atoms with Crippen LogP contribution in [0.1, 0.15) is 11.2 Å². The maximum Gasteiger partial charge on any atom is 0.194 e. The SMILES string of the molecule is c1ncc(C2OCCO2)s1. The predicted molar refractivity (Wildman–Crippen MR) is 36.8 cm³/mol. The second-order valence-electron chi connectivity index (χ2n) is 1.98. The highest BCUT2D eigenvalue weighted by molar-refractivity contribution is 7.09.